The van der Waals surface area contributed by atoms with E-state index < -0.39 is 0 Å². The molecule has 1 amide bonds. The van der Waals surface area contributed by atoms with Crippen molar-refractivity contribution in [2.45, 2.75) is 6.92 Å². The van der Waals surface area contributed by atoms with Crippen LogP contribution in [0.3, 0.4) is 0 Å². The lowest BCUT2D eigenvalue weighted by Gasteiger charge is -2.23. The summed E-state index contributed by atoms with van der Waals surface area (Å²) >= 11 is 1.46. The van der Waals surface area contributed by atoms with Crippen molar-refractivity contribution in [2.24, 2.45) is 0 Å². The van der Waals surface area contributed by atoms with E-state index in [1.807, 2.05) is 60.1 Å². The molecule has 0 fully saturated rings. The monoisotopic (exact) mass is 354 g/mol. The quantitative estimate of drug-likeness (QED) is 0.652. The SMILES string of the molecule is CCN(C)CCN(C(=O)c1cccs1)c1ccn(-c2ccccc2)n1. The second kappa shape index (κ2) is 8.09. The first-order valence-electron chi connectivity index (χ1n) is 8.34. The Balaban J connectivity index is 1.86. The summed E-state index contributed by atoms with van der Waals surface area (Å²) < 4.78 is 1.80. The van der Waals surface area contributed by atoms with Crippen LogP contribution in [-0.4, -0.2) is 47.3 Å². The number of anilines is 1. The maximum absolute atomic E-state index is 12.9. The number of hydrogen-bond acceptors (Lipinski definition) is 4. The van der Waals surface area contributed by atoms with Crippen molar-refractivity contribution in [3.63, 3.8) is 0 Å². The smallest absolute Gasteiger partial charge is 0.269 e. The van der Waals surface area contributed by atoms with Gasteiger partial charge in [0.1, 0.15) is 0 Å². The molecular formula is C19H22N4OS. The van der Waals surface area contributed by atoms with Gasteiger partial charge in [-0.15, -0.1) is 16.4 Å². The van der Waals surface area contributed by atoms with Crippen molar-refractivity contribution in [3.05, 3.63) is 65.0 Å². The van der Waals surface area contributed by atoms with Crippen molar-refractivity contribution >= 4 is 23.1 Å². The average Bonchev–Trinajstić information content (AvgIpc) is 3.34. The normalized spacial score (nSPS) is 11.0. The van der Waals surface area contributed by atoms with Crippen LogP contribution in [0.25, 0.3) is 5.69 Å². The molecule has 1 aromatic carbocycles. The van der Waals surface area contributed by atoms with E-state index in [2.05, 4.69) is 24.0 Å². The van der Waals surface area contributed by atoms with Crippen molar-refractivity contribution in [2.75, 3.05) is 31.6 Å². The van der Waals surface area contributed by atoms with Gasteiger partial charge in [-0.05, 0) is 37.2 Å². The third kappa shape index (κ3) is 4.15. The molecule has 6 heteroatoms. The molecule has 130 valence electrons. The highest BCUT2D eigenvalue weighted by molar-refractivity contribution is 7.12. The number of amides is 1. The Morgan fingerprint density at radius 2 is 1.92 bits per heavy atom. The minimum atomic E-state index is -0.00202. The summed E-state index contributed by atoms with van der Waals surface area (Å²) in [4.78, 5) is 17.6. The summed E-state index contributed by atoms with van der Waals surface area (Å²) in [7, 11) is 2.05. The maximum Gasteiger partial charge on any atom is 0.269 e. The van der Waals surface area contributed by atoms with Gasteiger partial charge >= 0.3 is 0 Å². The Hall–Kier alpha value is -2.44. The third-order valence-electron chi connectivity index (χ3n) is 4.09. The van der Waals surface area contributed by atoms with Crippen molar-refractivity contribution in [1.82, 2.24) is 14.7 Å². The molecule has 0 aliphatic heterocycles. The van der Waals surface area contributed by atoms with Gasteiger partial charge in [0.15, 0.2) is 5.82 Å². The molecule has 3 aromatic rings. The number of hydrogen-bond donors (Lipinski definition) is 0. The molecule has 0 radical (unpaired) electrons. The highest BCUT2D eigenvalue weighted by atomic mass is 32.1. The minimum absolute atomic E-state index is 0.00202. The summed E-state index contributed by atoms with van der Waals surface area (Å²) in [5.74, 6) is 0.671. The summed E-state index contributed by atoms with van der Waals surface area (Å²) in [6.07, 6.45) is 1.89. The predicted molar refractivity (Wildman–Crippen MR) is 103 cm³/mol. The van der Waals surface area contributed by atoms with Crippen LogP contribution in [0.5, 0.6) is 0 Å². The molecule has 2 heterocycles. The Labute approximate surface area is 152 Å². The van der Waals surface area contributed by atoms with Gasteiger partial charge in [0.2, 0.25) is 0 Å². The second-order valence-corrected chi connectivity index (χ2v) is 6.73. The van der Waals surface area contributed by atoms with Crippen molar-refractivity contribution < 1.29 is 4.79 Å². The molecule has 0 atom stereocenters. The van der Waals surface area contributed by atoms with E-state index in [-0.39, 0.29) is 5.91 Å². The molecule has 0 unspecified atom stereocenters. The molecule has 0 N–H and O–H groups in total. The van der Waals surface area contributed by atoms with E-state index in [9.17, 15) is 4.79 Å². The van der Waals surface area contributed by atoms with Gasteiger partial charge in [0, 0.05) is 25.4 Å². The fourth-order valence-corrected chi connectivity index (χ4v) is 3.14. The fourth-order valence-electron chi connectivity index (χ4n) is 2.47. The van der Waals surface area contributed by atoms with Gasteiger partial charge in [-0.3, -0.25) is 9.69 Å². The largest absolute Gasteiger partial charge is 0.305 e. The number of likely N-dealkylation sites (N-methyl/N-ethyl adjacent to an activating group) is 1. The molecule has 0 saturated carbocycles. The molecule has 2 aromatic heterocycles. The topological polar surface area (TPSA) is 41.4 Å². The Morgan fingerprint density at radius 1 is 1.12 bits per heavy atom. The number of carbonyl (C=O) groups is 1. The molecule has 0 aliphatic rings. The lowest BCUT2D eigenvalue weighted by Crippen LogP contribution is -2.37. The van der Waals surface area contributed by atoms with Gasteiger partial charge in [0.25, 0.3) is 5.91 Å². The number of para-hydroxylation sites is 1. The van der Waals surface area contributed by atoms with Gasteiger partial charge in [-0.1, -0.05) is 31.2 Å². The van der Waals surface area contributed by atoms with E-state index in [1.165, 1.54) is 11.3 Å². The summed E-state index contributed by atoms with van der Waals surface area (Å²) in [5.41, 5.74) is 0.975. The van der Waals surface area contributed by atoms with Crippen LogP contribution in [-0.2, 0) is 0 Å². The Morgan fingerprint density at radius 3 is 2.60 bits per heavy atom. The number of carbonyl (C=O) groups excluding carboxylic acids is 1. The van der Waals surface area contributed by atoms with Gasteiger partial charge < -0.3 is 4.90 Å². The van der Waals surface area contributed by atoms with Gasteiger partial charge in [0.05, 0.1) is 10.6 Å². The predicted octanol–water partition coefficient (Wildman–Crippen LogP) is 3.53. The number of rotatable bonds is 7. The highest BCUT2D eigenvalue weighted by Gasteiger charge is 2.21. The second-order valence-electron chi connectivity index (χ2n) is 5.78. The molecule has 0 saturated heterocycles. The van der Waals surface area contributed by atoms with Crippen molar-refractivity contribution in [1.29, 1.82) is 0 Å². The van der Waals surface area contributed by atoms with Crippen LogP contribution in [0.1, 0.15) is 16.6 Å². The van der Waals surface area contributed by atoms with Crippen LogP contribution in [0.2, 0.25) is 0 Å². The zero-order valence-corrected chi connectivity index (χ0v) is 15.3. The molecule has 0 aliphatic carbocycles. The van der Waals surface area contributed by atoms with Crippen LogP contribution in [0.15, 0.2) is 60.1 Å². The third-order valence-corrected chi connectivity index (χ3v) is 4.95. The highest BCUT2D eigenvalue weighted by Crippen LogP contribution is 2.19. The van der Waals surface area contributed by atoms with Crippen LogP contribution < -0.4 is 4.90 Å². The zero-order chi connectivity index (χ0) is 17.6. The van der Waals surface area contributed by atoms with Crippen molar-refractivity contribution in [3.8, 4) is 5.69 Å². The average molecular weight is 354 g/mol. The molecule has 5 nitrogen and oxygen atoms in total. The lowest BCUT2D eigenvalue weighted by molar-refractivity contribution is 0.0987. The fraction of sp³-hybridized carbons (Fsp3) is 0.263. The first kappa shape index (κ1) is 17.4. The Kier molecular flexibility index (Phi) is 5.63. The molecule has 0 bridgehead atoms. The number of aromatic nitrogens is 2. The summed E-state index contributed by atoms with van der Waals surface area (Å²) in [5, 5.41) is 6.55. The summed E-state index contributed by atoms with van der Waals surface area (Å²) in [6.45, 7) is 4.45. The van der Waals surface area contributed by atoms with Crippen LogP contribution in [0, 0.1) is 0 Å². The molecular weight excluding hydrogens is 332 g/mol. The van der Waals surface area contributed by atoms with E-state index in [4.69, 9.17) is 0 Å². The first-order chi connectivity index (χ1) is 12.2. The van der Waals surface area contributed by atoms with E-state index >= 15 is 0 Å². The summed E-state index contributed by atoms with van der Waals surface area (Å²) in [6, 6.07) is 15.6. The Bertz CT molecular complexity index is 798. The molecule has 25 heavy (non-hydrogen) atoms. The number of thiophene rings is 1. The van der Waals surface area contributed by atoms with Gasteiger partial charge in [-0.25, -0.2) is 4.68 Å². The number of nitrogens with zero attached hydrogens (tertiary/aromatic N) is 4. The maximum atomic E-state index is 12.9. The number of benzene rings is 1. The molecule has 0 spiro atoms. The standard InChI is InChI=1S/C19H22N4OS/c1-3-21(2)13-14-22(19(24)17-10-7-15-25-17)18-11-12-23(20-18)16-8-5-4-6-9-16/h4-12,15H,3,13-14H2,1-2H3. The first-order valence-corrected chi connectivity index (χ1v) is 9.22. The van der Waals surface area contributed by atoms with Crippen LogP contribution >= 0.6 is 11.3 Å². The van der Waals surface area contributed by atoms with E-state index in [0.29, 0.717) is 12.4 Å². The minimum Gasteiger partial charge on any atom is -0.305 e. The zero-order valence-electron chi connectivity index (χ0n) is 14.5. The molecule has 3 rings (SSSR count). The van der Waals surface area contributed by atoms with E-state index in [0.717, 1.165) is 23.7 Å². The van der Waals surface area contributed by atoms with Crippen LogP contribution in [0.4, 0.5) is 5.82 Å². The van der Waals surface area contributed by atoms with Gasteiger partial charge in [-0.2, -0.15) is 0 Å². The van der Waals surface area contributed by atoms with E-state index in [1.54, 1.807) is 9.58 Å². The lowest BCUT2D eigenvalue weighted by atomic mass is 10.3.